The number of nitrogen functional groups attached to an aromatic ring is 1. The summed E-state index contributed by atoms with van der Waals surface area (Å²) in [5, 5.41) is 0. The van der Waals surface area contributed by atoms with Gasteiger partial charge in [0.05, 0.1) is 0 Å². The molecule has 1 aromatic carbocycles. The molecule has 0 amide bonds. The van der Waals surface area contributed by atoms with Crippen LogP contribution in [0.5, 0.6) is 0 Å². The Morgan fingerprint density at radius 1 is 1.38 bits per heavy atom. The van der Waals surface area contributed by atoms with Gasteiger partial charge in [-0.25, -0.2) is 0 Å². The molecule has 2 N–H and O–H groups in total. The lowest BCUT2D eigenvalue weighted by atomic mass is 10.1. The van der Waals surface area contributed by atoms with Gasteiger partial charge in [0, 0.05) is 25.9 Å². The molecule has 1 radical (unpaired) electrons. The molecular formula is C9H12BN2O. The highest BCUT2D eigenvalue weighted by atomic mass is 16.4. The number of fused-ring (bicyclic) bond motifs is 1. The summed E-state index contributed by atoms with van der Waals surface area (Å²) < 4.78 is 4.96. The van der Waals surface area contributed by atoms with E-state index in [1.54, 1.807) is 14.7 Å². The van der Waals surface area contributed by atoms with Gasteiger partial charge in [-0.1, -0.05) is 6.07 Å². The summed E-state index contributed by atoms with van der Waals surface area (Å²) in [4.78, 5) is 2.12. The van der Waals surface area contributed by atoms with Crippen molar-refractivity contribution in [1.29, 1.82) is 0 Å². The normalized spacial score (nSPS) is 15.8. The first kappa shape index (κ1) is 8.60. The zero-order valence-corrected chi connectivity index (χ0v) is 7.66. The second-order valence-corrected chi connectivity index (χ2v) is 3.27. The number of rotatable bonds is 2. The molecule has 0 atom stereocenters. The van der Waals surface area contributed by atoms with Crippen LogP contribution in [0.3, 0.4) is 0 Å². The molecule has 13 heavy (non-hydrogen) atoms. The molecule has 1 heterocycles. The van der Waals surface area contributed by atoms with Crippen LogP contribution in [0.4, 0.5) is 5.69 Å². The van der Waals surface area contributed by atoms with Gasteiger partial charge in [-0.15, -0.1) is 0 Å². The molecule has 0 bridgehead atoms. The quantitative estimate of drug-likeness (QED) is 0.532. The van der Waals surface area contributed by atoms with Gasteiger partial charge in [0.1, 0.15) is 0 Å². The van der Waals surface area contributed by atoms with Crippen LogP contribution in [-0.4, -0.2) is 19.5 Å². The fourth-order valence-corrected chi connectivity index (χ4v) is 1.66. The van der Waals surface area contributed by atoms with Crippen molar-refractivity contribution >= 4 is 13.3 Å². The van der Waals surface area contributed by atoms with Crippen LogP contribution in [0.25, 0.3) is 0 Å². The average molecular weight is 175 g/mol. The van der Waals surface area contributed by atoms with E-state index in [1.165, 1.54) is 11.1 Å². The lowest BCUT2D eigenvalue weighted by Gasteiger charge is -2.09. The molecular weight excluding hydrogens is 163 g/mol. The van der Waals surface area contributed by atoms with Crippen LogP contribution in [0, 0.1) is 0 Å². The van der Waals surface area contributed by atoms with Gasteiger partial charge >= 0.3 is 7.62 Å². The Hall–Kier alpha value is -0.995. The summed E-state index contributed by atoms with van der Waals surface area (Å²) in [6, 6.07) is 6.04. The second-order valence-electron chi connectivity index (χ2n) is 3.27. The first-order valence-corrected chi connectivity index (χ1v) is 4.27. The molecule has 1 aliphatic heterocycles. The van der Waals surface area contributed by atoms with Crippen LogP contribution >= 0.6 is 0 Å². The third-order valence-corrected chi connectivity index (χ3v) is 2.23. The fourth-order valence-electron chi connectivity index (χ4n) is 1.66. The molecule has 1 aromatic rings. The lowest BCUT2D eigenvalue weighted by molar-refractivity contribution is 0.345. The predicted molar refractivity (Wildman–Crippen MR) is 52.9 cm³/mol. The Morgan fingerprint density at radius 2 is 2.15 bits per heavy atom. The van der Waals surface area contributed by atoms with Gasteiger partial charge < -0.3 is 15.2 Å². The van der Waals surface area contributed by atoms with Crippen molar-refractivity contribution in [3.05, 3.63) is 29.3 Å². The lowest BCUT2D eigenvalue weighted by Crippen LogP contribution is -2.22. The number of benzene rings is 1. The second kappa shape index (κ2) is 3.40. The average Bonchev–Trinajstić information content (AvgIpc) is 2.46. The number of hydrogen-bond acceptors (Lipinski definition) is 3. The van der Waals surface area contributed by atoms with Gasteiger partial charge in [-0.3, -0.25) is 0 Å². The molecule has 0 saturated heterocycles. The maximum absolute atomic E-state index is 5.69. The number of anilines is 1. The van der Waals surface area contributed by atoms with Gasteiger partial charge in [-0.2, -0.15) is 0 Å². The van der Waals surface area contributed by atoms with Crippen LogP contribution < -0.4 is 5.73 Å². The summed E-state index contributed by atoms with van der Waals surface area (Å²) >= 11 is 0. The monoisotopic (exact) mass is 175 g/mol. The smallest absolute Gasteiger partial charge is 0.399 e. The maximum atomic E-state index is 5.69. The molecule has 4 heteroatoms. The third kappa shape index (κ3) is 1.69. The number of nitrogens with zero attached hydrogens (tertiary/aromatic N) is 1. The van der Waals surface area contributed by atoms with Crippen molar-refractivity contribution in [2.45, 2.75) is 13.1 Å². The molecule has 0 saturated carbocycles. The summed E-state index contributed by atoms with van der Waals surface area (Å²) in [5.41, 5.74) is 9.16. The molecule has 67 valence electrons. The summed E-state index contributed by atoms with van der Waals surface area (Å²) in [7, 11) is 3.41. The minimum atomic E-state index is 0.831. The topological polar surface area (TPSA) is 38.5 Å². The molecule has 1 aliphatic rings. The molecule has 0 aromatic heterocycles. The van der Waals surface area contributed by atoms with E-state index in [0.717, 1.165) is 18.8 Å². The fraction of sp³-hybridized carbons (Fsp3) is 0.333. The van der Waals surface area contributed by atoms with E-state index in [9.17, 15) is 0 Å². The number of nitrogens with two attached hydrogens (primary N) is 1. The molecule has 2 rings (SSSR count). The Bertz CT molecular complexity index is 316. The van der Waals surface area contributed by atoms with E-state index < -0.39 is 0 Å². The largest absolute Gasteiger partial charge is 0.427 e. The summed E-state index contributed by atoms with van der Waals surface area (Å²) in [5.74, 6) is 0. The predicted octanol–water partition coefficient (Wildman–Crippen LogP) is 0.765. The maximum Gasteiger partial charge on any atom is 0.399 e. The standard InChI is InChI=1S/C9H12BN2O/c1-13-10-12-5-7-2-3-9(11)4-8(7)6-12/h2-4H,5-6,11H2,1H3. The van der Waals surface area contributed by atoms with Crippen molar-refractivity contribution in [3.63, 3.8) is 0 Å². The minimum absolute atomic E-state index is 0.831. The highest BCUT2D eigenvalue weighted by molar-refractivity contribution is 6.23. The highest BCUT2D eigenvalue weighted by Crippen LogP contribution is 2.23. The van der Waals surface area contributed by atoms with Gasteiger partial charge in [0.15, 0.2) is 0 Å². The van der Waals surface area contributed by atoms with Crippen molar-refractivity contribution in [2.75, 3.05) is 12.8 Å². The Balaban J connectivity index is 2.16. The first-order chi connectivity index (χ1) is 6.29. The van der Waals surface area contributed by atoms with Crippen molar-refractivity contribution < 1.29 is 4.65 Å². The SMILES string of the molecule is CO[B]N1Cc2ccc(N)cc2C1. The zero-order valence-electron chi connectivity index (χ0n) is 7.66. The Kier molecular flexibility index (Phi) is 2.25. The molecule has 0 spiro atoms. The van der Waals surface area contributed by atoms with Crippen molar-refractivity contribution in [1.82, 2.24) is 4.81 Å². The molecule has 0 fully saturated rings. The summed E-state index contributed by atoms with van der Waals surface area (Å²) in [6.07, 6.45) is 0. The molecule has 0 unspecified atom stereocenters. The third-order valence-electron chi connectivity index (χ3n) is 2.23. The zero-order chi connectivity index (χ0) is 9.26. The van der Waals surface area contributed by atoms with Crippen LogP contribution in [-0.2, 0) is 17.7 Å². The Labute approximate surface area is 78.8 Å². The van der Waals surface area contributed by atoms with Crippen LogP contribution in [0.2, 0.25) is 0 Å². The van der Waals surface area contributed by atoms with E-state index in [1.807, 2.05) is 12.1 Å². The van der Waals surface area contributed by atoms with Gasteiger partial charge in [0.25, 0.3) is 0 Å². The Morgan fingerprint density at radius 3 is 2.92 bits per heavy atom. The van der Waals surface area contributed by atoms with E-state index in [4.69, 9.17) is 10.4 Å². The van der Waals surface area contributed by atoms with E-state index in [2.05, 4.69) is 10.9 Å². The van der Waals surface area contributed by atoms with E-state index in [0.29, 0.717) is 0 Å². The van der Waals surface area contributed by atoms with E-state index in [-0.39, 0.29) is 0 Å². The summed E-state index contributed by atoms with van der Waals surface area (Å²) in [6.45, 7) is 1.82. The van der Waals surface area contributed by atoms with Crippen LogP contribution in [0.15, 0.2) is 18.2 Å². The van der Waals surface area contributed by atoms with E-state index >= 15 is 0 Å². The van der Waals surface area contributed by atoms with Gasteiger partial charge in [-0.05, 0) is 23.3 Å². The van der Waals surface area contributed by atoms with Crippen LogP contribution in [0.1, 0.15) is 11.1 Å². The van der Waals surface area contributed by atoms with Gasteiger partial charge in [0.2, 0.25) is 0 Å². The molecule has 0 aliphatic carbocycles. The highest BCUT2D eigenvalue weighted by Gasteiger charge is 2.19. The minimum Gasteiger partial charge on any atom is -0.427 e. The first-order valence-electron chi connectivity index (χ1n) is 4.27. The van der Waals surface area contributed by atoms with Crippen molar-refractivity contribution in [2.24, 2.45) is 0 Å². The number of hydrogen-bond donors (Lipinski definition) is 1. The molecule has 3 nitrogen and oxygen atoms in total. The van der Waals surface area contributed by atoms with Crippen molar-refractivity contribution in [3.8, 4) is 0 Å².